The van der Waals surface area contributed by atoms with Gasteiger partial charge in [0.15, 0.2) is 0 Å². The van der Waals surface area contributed by atoms with Gasteiger partial charge < -0.3 is 14.7 Å². The molecule has 2 heterocycles. The topological polar surface area (TPSA) is 43.9 Å². The van der Waals surface area contributed by atoms with Crippen LogP contribution in [0.2, 0.25) is 0 Å². The smallest absolute Gasteiger partial charge is 0.258 e. The predicted octanol–water partition coefficient (Wildman–Crippen LogP) is 4.90. The first-order valence-corrected chi connectivity index (χ1v) is 11.6. The number of hydrogen-bond acceptors (Lipinski definition) is 3. The molecule has 0 saturated heterocycles. The van der Waals surface area contributed by atoms with Crippen molar-refractivity contribution in [3.8, 4) is 0 Å². The molecule has 0 spiro atoms. The van der Waals surface area contributed by atoms with Gasteiger partial charge >= 0.3 is 0 Å². The molecular weight excluding hydrogens is 410 g/mol. The van der Waals surface area contributed by atoms with E-state index in [2.05, 4.69) is 42.2 Å². The minimum Gasteiger partial charge on any atom is -0.365 e. The fourth-order valence-electron chi connectivity index (χ4n) is 5.07. The lowest BCUT2D eigenvalue weighted by atomic mass is 10.1. The first-order valence-electron chi connectivity index (χ1n) is 11.6. The number of fused-ring (bicyclic) bond motifs is 2. The average Bonchev–Trinajstić information content (AvgIpc) is 3.20. The molecule has 33 heavy (non-hydrogen) atoms. The molecule has 5 nitrogen and oxygen atoms in total. The molecule has 0 saturated carbocycles. The van der Waals surface area contributed by atoms with Crippen LogP contribution in [0, 0.1) is 5.92 Å². The molecular formula is C28H29N3O2. The molecule has 2 aliphatic heterocycles. The third-order valence-corrected chi connectivity index (χ3v) is 6.60. The summed E-state index contributed by atoms with van der Waals surface area (Å²) in [6.07, 6.45) is 0.786. The molecule has 0 fully saturated rings. The summed E-state index contributed by atoms with van der Waals surface area (Å²) in [6, 6.07) is 24.4. The van der Waals surface area contributed by atoms with Crippen LogP contribution in [0.5, 0.6) is 0 Å². The molecule has 3 aromatic carbocycles. The van der Waals surface area contributed by atoms with E-state index in [9.17, 15) is 9.59 Å². The molecule has 1 atom stereocenters. The Morgan fingerprint density at radius 2 is 1.58 bits per heavy atom. The molecule has 5 rings (SSSR count). The summed E-state index contributed by atoms with van der Waals surface area (Å²) in [4.78, 5) is 31.8. The van der Waals surface area contributed by atoms with Gasteiger partial charge in [-0.15, -0.1) is 0 Å². The SMILES string of the molecule is CC(=O)N1CCc2cc(C(=O)N3C[C@@H](C)CN(Cc4ccccc4)c4ccccc43)ccc21. The Kier molecular flexibility index (Phi) is 5.63. The molecule has 5 heteroatoms. The van der Waals surface area contributed by atoms with Crippen molar-refractivity contribution in [1.82, 2.24) is 0 Å². The number of para-hydroxylation sites is 2. The van der Waals surface area contributed by atoms with Gasteiger partial charge in [-0.2, -0.15) is 0 Å². The molecule has 0 aliphatic carbocycles. The second-order valence-electron chi connectivity index (χ2n) is 9.14. The number of hydrogen-bond donors (Lipinski definition) is 0. The molecule has 0 unspecified atom stereocenters. The third kappa shape index (κ3) is 4.11. The van der Waals surface area contributed by atoms with Crippen molar-refractivity contribution in [3.63, 3.8) is 0 Å². The van der Waals surface area contributed by atoms with Crippen molar-refractivity contribution in [3.05, 3.63) is 89.5 Å². The van der Waals surface area contributed by atoms with Crippen LogP contribution in [0.3, 0.4) is 0 Å². The van der Waals surface area contributed by atoms with Crippen molar-refractivity contribution in [2.75, 3.05) is 34.3 Å². The number of amides is 2. The Hall–Kier alpha value is -3.60. The Bertz CT molecular complexity index is 1190. The molecule has 168 valence electrons. The zero-order valence-corrected chi connectivity index (χ0v) is 19.2. The van der Waals surface area contributed by atoms with Crippen LogP contribution >= 0.6 is 0 Å². The lowest BCUT2D eigenvalue weighted by molar-refractivity contribution is -0.116. The van der Waals surface area contributed by atoms with Crippen LogP contribution < -0.4 is 14.7 Å². The first-order chi connectivity index (χ1) is 16.0. The van der Waals surface area contributed by atoms with Gasteiger partial charge in [0.05, 0.1) is 11.4 Å². The zero-order valence-electron chi connectivity index (χ0n) is 19.2. The van der Waals surface area contributed by atoms with Gasteiger partial charge in [0.25, 0.3) is 5.91 Å². The number of nitrogens with zero attached hydrogens (tertiary/aromatic N) is 3. The summed E-state index contributed by atoms with van der Waals surface area (Å²) in [6.45, 7) is 6.83. The maximum absolute atomic E-state index is 13.8. The zero-order chi connectivity index (χ0) is 22.9. The van der Waals surface area contributed by atoms with Crippen LogP contribution in [0.25, 0.3) is 0 Å². The maximum atomic E-state index is 13.8. The van der Waals surface area contributed by atoms with Crippen molar-refractivity contribution in [2.45, 2.75) is 26.8 Å². The van der Waals surface area contributed by atoms with Crippen LogP contribution in [0.15, 0.2) is 72.8 Å². The first kappa shape index (κ1) is 21.3. The molecule has 0 radical (unpaired) electrons. The Labute approximate surface area is 195 Å². The maximum Gasteiger partial charge on any atom is 0.258 e. The quantitative estimate of drug-likeness (QED) is 0.583. The molecule has 0 N–H and O–H groups in total. The van der Waals surface area contributed by atoms with Crippen molar-refractivity contribution < 1.29 is 9.59 Å². The fraction of sp³-hybridized carbons (Fsp3) is 0.286. The highest BCUT2D eigenvalue weighted by molar-refractivity contribution is 6.08. The summed E-state index contributed by atoms with van der Waals surface area (Å²) in [7, 11) is 0. The van der Waals surface area contributed by atoms with Gasteiger partial charge in [0.2, 0.25) is 5.91 Å². The highest BCUT2D eigenvalue weighted by atomic mass is 16.2. The van der Waals surface area contributed by atoms with Crippen LogP contribution in [0.4, 0.5) is 17.1 Å². The number of carbonyl (C=O) groups excluding carboxylic acids is 2. The van der Waals surface area contributed by atoms with E-state index in [-0.39, 0.29) is 11.8 Å². The van der Waals surface area contributed by atoms with Crippen molar-refractivity contribution in [2.24, 2.45) is 5.92 Å². The Morgan fingerprint density at radius 1 is 0.848 bits per heavy atom. The van der Waals surface area contributed by atoms with Gasteiger partial charge in [-0.25, -0.2) is 0 Å². The predicted molar refractivity (Wildman–Crippen MR) is 133 cm³/mol. The molecule has 2 amide bonds. The average molecular weight is 440 g/mol. The highest BCUT2D eigenvalue weighted by Crippen LogP contribution is 2.36. The lowest BCUT2D eigenvalue weighted by Gasteiger charge is -2.27. The number of anilines is 3. The summed E-state index contributed by atoms with van der Waals surface area (Å²) in [5, 5.41) is 0. The van der Waals surface area contributed by atoms with E-state index < -0.39 is 0 Å². The van der Waals surface area contributed by atoms with E-state index >= 15 is 0 Å². The second-order valence-corrected chi connectivity index (χ2v) is 9.14. The van der Waals surface area contributed by atoms with Crippen LogP contribution in [0.1, 0.15) is 35.3 Å². The monoisotopic (exact) mass is 439 g/mol. The number of rotatable bonds is 3. The number of carbonyl (C=O) groups is 2. The summed E-state index contributed by atoms with van der Waals surface area (Å²) < 4.78 is 0. The fourth-order valence-corrected chi connectivity index (χ4v) is 5.07. The van der Waals surface area contributed by atoms with Gasteiger partial charge in [-0.3, -0.25) is 9.59 Å². The Balaban J connectivity index is 1.48. The van der Waals surface area contributed by atoms with E-state index in [1.54, 1.807) is 11.8 Å². The van der Waals surface area contributed by atoms with Gasteiger partial charge in [-0.1, -0.05) is 49.4 Å². The van der Waals surface area contributed by atoms with E-state index in [0.717, 1.165) is 42.1 Å². The third-order valence-electron chi connectivity index (χ3n) is 6.60. The summed E-state index contributed by atoms with van der Waals surface area (Å²) >= 11 is 0. The van der Waals surface area contributed by atoms with Crippen molar-refractivity contribution in [1.29, 1.82) is 0 Å². The van der Waals surface area contributed by atoms with Crippen molar-refractivity contribution >= 4 is 28.9 Å². The van der Waals surface area contributed by atoms with E-state index in [1.165, 1.54) is 5.56 Å². The van der Waals surface area contributed by atoms with Gasteiger partial charge in [0.1, 0.15) is 0 Å². The van der Waals surface area contributed by atoms with E-state index in [4.69, 9.17) is 0 Å². The van der Waals surface area contributed by atoms with Gasteiger partial charge in [0, 0.05) is 44.4 Å². The summed E-state index contributed by atoms with van der Waals surface area (Å²) in [5.41, 5.74) is 5.97. The van der Waals surface area contributed by atoms with Crippen LogP contribution in [-0.4, -0.2) is 31.4 Å². The lowest BCUT2D eigenvalue weighted by Crippen LogP contribution is -2.35. The number of benzene rings is 3. The standard InChI is InChI=1S/C28H29N3O2/c1-20-17-29(19-22-8-4-3-5-9-22)26-10-6-7-11-27(26)31(18-20)28(33)24-12-13-25-23(16-24)14-15-30(25)21(2)32/h3-13,16,20H,14-15,17-19H2,1-2H3/t20-/m0/s1. The molecule has 0 bridgehead atoms. The largest absolute Gasteiger partial charge is 0.365 e. The summed E-state index contributed by atoms with van der Waals surface area (Å²) in [5.74, 6) is 0.370. The van der Waals surface area contributed by atoms with E-state index in [0.29, 0.717) is 24.6 Å². The minimum absolute atomic E-state index is 0.0138. The normalized spacial score (nSPS) is 17.4. The Morgan fingerprint density at radius 3 is 2.33 bits per heavy atom. The second kappa shape index (κ2) is 8.74. The minimum atomic E-state index is 0.0138. The highest BCUT2D eigenvalue weighted by Gasteiger charge is 2.30. The van der Waals surface area contributed by atoms with E-state index in [1.807, 2.05) is 47.4 Å². The van der Waals surface area contributed by atoms with Crippen LogP contribution in [-0.2, 0) is 17.8 Å². The molecule has 3 aromatic rings. The molecule has 2 aliphatic rings. The molecule has 0 aromatic heterocycles. The van der Waals surface area contributed by atoms with Gasteiger partial charge in [-0.05, 0) is 53.8 Å².